The summed E-state index contributed by atoms with van der Waals surface area (Å²) in [7, 11) is 0. The van der Waals surface area contributed by atoms with E-state index in [0.717, 1.165) is 17.1 Å². The lowest BCUT2D eigenvalue weighted by Gasteiger charge is -2.09. The van der Waals surface area contributed by atoms with Crippen molar-refractivity contribution in [3.63, 3.8) is 0 Å². The Morgan fingerprint density at radius 3 is 2.69 bits per heavy atom. The average molecular weight is 237 g/mol. The van der Waals surface area contributed by atoms with Gasteiger partial charge in [0.25, 0.3) is 0 Å². The first-order valence-corrected chi connectivity index (χ1v) is 5.42. The molecule has 2 rings (SSSR count). The third-order valence-electron chi connectivity index (χ3n) is 2.62. The molecular weight excluding hydrogens is 224 g/mol. The van der Waals surface area contributed by atoms with Gasteiger partial charge in [-0.1, -0.05) is 17.7 Å². The van der Waals surface area contributed by atoms with Crippen LogP contribution in [0.5, 0.6) is 5.75 Å². The van der Waals surface area contributed by atoms with Crippen LogP contribution in [0.3, 0.4) is 0 Å². The van der Waals surface area contributed by atoms with E-state index >= 15 is 0 Å². The molecule has 0 aliphatic heterocycles. The summed E-state index contributed by atoms with van der Waals surface area (Å²) in [6, 6.07) is 5.03. The van der Waals surface area contributed by atoms with Crippen LogP contribution < -0.4 is 0 Å². The van der Waals surface area contributed by atoms with Gasteiger partial charge in [-0.25, -0.2) is 4.98 Å². The highest BCUT2D eigenvalue weighted by Gasteiger charge is 2.06. The number of phenols is 1. The Hall–Kier alpha value is -1.48. The van der Waals surface area contributed by atoms with E-state index in [-0.39, 0.29) is 5.75 Å². The van der Waals surface area contributed by atoms with Gasteiger partial charge in [0.2, 0.25) is 0 Å². The molecule has 0 spiro atoms. The van der Waals surface area contributed by atoms with Crippen LogP contribution in [-0.4, -0.2) is 14.7 Å². The van der Waals surface area contributed by atoms with Gasteiger partial charge in [0.05, 0.1) is 6.54 Å². The number of imidazole rings is 1. The average Bonchev–Trinajstić information content (AvgIpc) is 2.53. The van der Waals surface area contributed by atoms with Crippen molar-refractivity contribution in [2.75, 3.05) is 0 Å². The summed E-state index contributed by atoms with van der Waals surface area (Å²) in [6.07, 6.45) is 1.84. The number of aromatic hydroxyl groups is 1. The van der Waals surface area contributed by atoms with Crippen LogP contribution in [0.2, 0.25) is 5.02 Å². The van der Waals surface area contributed by atoms with E-state index in [9.17, 15) is 5.11 Å². The quantitative estimate of drug-likeness (QED) is 0.871. The molecule has 0 atom stereocenters. The topological polar surface area (TPSA) is 38.0 Å². The highest BCUT2D eigenvalue weighted by Crippen LogP contribution is 2.23. The van der Waals surface area contributed by atoms with E-state index in [0.29, 0.717) is 11.6 Å². The SMILES string of the molecule is Cc1cnc(C)n1Cc1ccc(O)cc1Cl. The van der Waals surface area contributed by atoms with Gasteiger partial charge in [0, 0.05) is 16.9 Å². The molecule has 3 nitrogen and oxygen atoms in total. The Labute approximate surface area is 99.3 Å². The first kappa shape index (κ1) is 11.0. The summed E-state index contributed by atoms with van der Waals surface area (Å²) in [5.74, 6) is 1.15. The number of halogens is 1. The summed E-state index contributed by atoms with van der Waals surface area (Å²) >= 11 is 6.06. The Bertz CT molecular complexity index is 500. The molecule has 0 unspecified atom stereocenters. The van der Waals surface area contributed by atoms with Gasteiger partial charge < -0.3 is 9.67 Å². The summed E-state index contributed by atoms with van der Waals surface area (Å²) in [5, 5.41) is 9.85. The number of hydrogen-bond donors (Lipinski definition) is 1. The van der Waals surface area contributed by atoms with Crippen LogP contribution in [0, 0.1) is 13.8 Å². The van der Waals surface area contributed by atoms with Crippen molar-refractivity contribution in [2.24, 2.45) is 0 Å². The highest BCUT2D eigenvalue weighted by molar-refractivity contribution is 6.31. The van der Waals surface area contributed by atoms with Gasteiger partial charge >= 0.3 is 0 Å². The third-order valence-corrected chi connectivity index (χ3v) is 2.97. The molecule has 1 heterocycles. The molecule has 0 bridgehead atoms. The molecule has 0 fully saturated rings. The van der Waals surface area contributed by atoms with Gasteiger partial charge in [-0.2, -0.15) is 0 Å². The van der Waals surface area contributed by atoms with Crippen LogP contribution in [-0.2, 0) is 6.54 Å². The Morgan fingerprint density at radius 1 is 1.38 bits per heavy atom. The minimum Gasteiger partial charge on any atom is -0.508 e. The van der Waals surface area contributed by atoms with Crippen LogP contribution in [0.15, 0.2) is 24.4 Å². The van der Waals surface area contributed by atoms with Crippen LogP contribution in [0.1, 0.15) is 17.1 Å². The Balaban J connectivity index is 2.34. The largest absolute Gasteiger partial charge is 0.508 e. The molecule has 0 amide bonds. The Morgan fingerprint density at radius 2 is 2.12 bits per heavy atom. The molecule has 0 radical (unpaired) electrons. The van der Waals surface area contributed by atoms with E-state index in [4.69, 9.17) is 11.6 Å². The van der Waals surface area contributed by atoms with E-state index in [1.165, 1.54) is 0 Å². The lowest BCUT2D eigenvalue weighted by molar-refractivity contribution is 0.475. The normalized spacial score (nSPS) is 10.7. The molecule has 2 aromatic rings. The second-order valence-electron chi connectivity index (χ2n) is 3.81. The zero-order valence-electron chi connectivity index (χ0n) is 9.24. The smallest absolute Gasteiger partial charge is 0.117 e. The zero-order chi connectivity index (χ0) is 11.7. The number of phenolic OH excluding ortho intramolecular Hbond substituents is 1. The third kappa shape index (κ3) is 2.04. The van der Waals surface area contributed by atoms with Gasteiger partial charge in [0.15, 0.2) is 0 Å². The van der Waals surface area contributed by atoms with E-state index < -0.39 is 0 Å². The minimum atomic E-state index is 0.188. The van der Waals surface area contributed by atoms with Crippen molar-refractivity contribution in [3.8, 4) is 5.75 Å². The minimum absolute atomic E-state index is 0.188. The van der Waals surface area contributed by atoms with Crippen molar-refractivity contribution in [1.29, 1.82) is 0 Å². The highest BCUT2D eigenvalue weighted by atomic mass is 35.5. The first-order valence-electron chi connectivity index (χ1n) is 5.04. The second-order valence-corrected chi connectivity index (χ2v) is 4.22. The molecule has 84 valence electrons. The number of benzene rings is 1. The van der Waals surface area contributed by atoms with Crippen molar-refractivity contribution >= 4 is 11.6 Å². The zero-order valence-corrected chi connectivity index (χ0v) is 9.99. The molecule has 16 heavy (non-hydrogen) atoms. The molecule has 1 N–H and O–H groups in total. The number of nitrogens with zero attached hydrogens (tertiary/aromatic N) is 2. The van der Waals surface area contributed by atoms with Gasteiger partial charge in [-0.3, -0.25) is 0 Å². The first-order chi connectivity index (χ1) is 7.58. The van der Waals surface area contributed by atoms with Crippen molar-refractivity contribution < 1.29 is 5.11 Å². The lowest BCUT2D eigenvalue weighted by atomic mass is 10.2. The maximum Gasteiger partial charge on any atom is 0.117 e. The number of hydrogen-bond acceptors (Lipinski definition) is 2. The summed E-state index contributed by atoms with van der Waals surface area (Å²) in [6.45, 7) is 4.65. The van der Waals surface area contributed by atoms with E-state index in [2.05, 4.69) is 9.55 Å². The van der Waals surface area contributed by atoms with Crippen LogP contribution in [0.25, 0.3) is 0 Å². The predicted octanol–water partition coefficient (Wildman–Crippen LogP) is 2.91. The summed E-state index contributed by atoms with van der Waals surface area (Å²) < 4.78 is 2.08. The fourth-order valence-corrected chi connectivity index (χ4v) is 1.89. The van der Waals surface area contributed by atoms with E-state index in [1.807, 2.05) is 26.1 Å². The summed E-state index contributed by atoms with van der Waals surface area (Å²) in [4.78, 5) is 4.23. The van der Waals surface area contributed by atoms with Crippen LogP contribution >= 0.6 is 11.6 Å². The van der Waals surface area contributed by atoms with Crippen LogP contribution in [0.4, 0.5) is 0 Å². The predicted molar refractivity (Wildman–Crippen MR) is 63.9 cm³/mol. The van der Waals surface area contributed by atoms with Crippen molar-refractivity contribution in [2.45, 2.75) is 20.4 Å². The molecule has 0 saturated heterocycles. The monoisotopic (exact) mass is 236 g/mol. The van der Waals surface area contributed by atoms with Crippen molar-refractivity contribution in [3.05, 3.63) is 46.5 Å². The van der Waals surface area contributed by atoms with Gasteiger partial charge in [-0.15, -0.1) is 0 Å². The number of rotatable bonds is 2. The van der Waals surface area contributed by atoms with Crippen molar-refractivity contribution in [1.82, 2.24) is 9.55 Å². The number of aromatic nitrogens is 2. The Kier molecular flexibility index (Phi) is 2.88. The molecule has 0 aliphatic carbocycles. The maximum atomic E-state index is 9.27. The fourth-order valence-electron chi connectivity index (χ4n) is 1.66. The molecule has 0 aliphatic rings. The summed E-state index contributed by atoms with van der Waals surface area (Å²) in [5.41, 5.74) is 2.07. The van der Waals surface area contributed by atoms with Gasteiger partial charge in [-0.05, 0) is 31.5 Å². The van der Waals surface area contributed by atoms with Gasteiger partial charge in [0.1, 0.15) is 11.6 Å². The fraction of sp³-hybridized carbons (Fsp3) is 0.250. The molecule has 1 aromatic heterocycles. The number of aryl methyl sites for hydroxylation is 2. The standard InChI is InChI=1S/C12H13ClN2O/c1-8-6-14-9(2)15(8)7-10-3-4-11(16)5-12(10)13/h3-6,16H,7H2,1-2H3. The maximum absolute atomic E-state index is 9.27. The molecule has 1 aromatic carbocycles. The lowest BCUT2D eigenvalue weighted by Crippen LogP contribution is -2.04. The molecule has 0 saturated carbocycles. The second kappa shape index (κ2) is 4.18. The molecular formula is C12H13ClN2O. The van der Waals surface area contributed by atoms with E-state index in [1.54, 1.807) is 12.1 Å². The molecule has 4 heteroatoms.